The first kappa shape index (κ1) is 20.2. The van der Waals surface area contributed by atoms with Gasteiger partial charge in [0.05, 0.1) is 17.2 Å². The van der Waals surface area contributed by atoms with E-state index in [1.807, 2.05) is 45.8 Å². The molecule has 26 heavy (non-hydrogen) atoms. The van der Waals surface area contributed by atoms with E-state index in [1.54, 1.807) is 23.1 Å². The molecule has 1 aliphatic heterocycles. The Balaban J connectivity index is 2.28. The second kappa shape index (κ2) is 7.65. The number of nitriles is 1. The highest BCUT2D eigenvalue weighted by Crippen LogP contribution is 2.38. The third-order valence-corrected chi connectivity index (χ3v) is 4.61. The molecule has 0 bridgehead atoms. The van der Waals surface area contributed by atoms with Crippen molar-refractivity contribution in [2.45, 2.75) is 38.4 Å². The minimum absolute atomic E-state index is 0.187. The van der Waals surface area contributed by atoms with Crippen molar-refractivity contribution >= 4 is 6.09 Å². The summed E-state index contributed by atoms with van der Waals surface area (Å²) in [6.45, 7) is 6.96. The minimum atomic E-state index is -1.09. The molecule has 6 nitrogen and oxygen atoms in total. The molecule has 6 heteroatoms. The van der Waals surface area contributed by atoms with Gasteiger partial charge in [-0.15, -0.1) is 0 Å². The molecule has 0 aliphatic carbocycles. The lowest BCUT2D eigenvalue weighted by Gasteiger charge is -2.46. The lowest BCUT2D eigenvalue weighted by molar-refractivity contribution is -0.0854. The van der Waals surface area contributed by atoms with Gasteiger partial charge in [0.2, 0.25) is 0 Å². The average molecular weight is 359 g/mol. The van der Waals surface area contributed by atoms with Crippen molar-refractivity contribution in [1.82, 2.24) is 9.80 Å². The van der Waals surface area contributed by atoms with Gasteiger partial charge in [0.1, 0.15) is 5.60 Å². The van der Waals surface area contributed by atoms with Crippen LogP contribution in [0.15, 0.2) is 24.3 Å². The predicted octanol–water partition coefficient (Wildman–Crippen LogP) is 2.56. The number of aliphatic hydroxyl groups is 1. The first-order valence-corrected chi connectivity index (χ1v) is 8.91. The summed E-state index contributed by atoms with van der Waals surface area (Å²) < 4.78 is 5.49. The van der Waals surface area contributed by atoms with Crippen LogP contribution in [0.5, 0.6) is 0 Å². The molecule has 1 amide bonds. The Morgan fingerprint density at radius 3 is 2.73 bits per heavy atom. The number of carbonyl (C=O) groups is 1. The lowest BCUT2D eigenvalue weighted by atomic mass is 9.75. The number of piperidine rings is 1. The zero-order chi connectivity index (χ0) is 19.5. The highest BCUT2D eigenvalue weighted by molar-refractivity contribution is 5.68. The second-order valence-electron chi connectivity index (χ2n) is 8.25. The van der Waals surface area contributed by atoms with Crippen LogP contribution >= 0.6 is 0 Å². The van der Waals surface area contributed by atoms with Crippen LogP contribution in [0.25, 0.3) is 0 Å². The molecule has 2 rings (SSSR count). The van der Waals surface area contributed by atoms with Gasteiger partial charge < -0.3 is 19.6 Å². The van der Waals surface area contributed by atoms with E-state index < -0.39 is 11.2 Å². The van der Waals surface area contributed by atoms with Gasteiger partial charge >= 0.3 is 6.09 Å². The highest BCUT2D eigenvalue weighted by atomic mass is 16.6. The molecule has 1 aliphatic rings. The molecule has 1 heterocycles. The maximum absolute atomic E-state index is 12.5. The van der Waals surface area contributed by atoms with E-state index in [4.69, 9.17) is 10.00 Å². The summed E-state index contributed by atoms with van der Waals surface area (Å²) in [6.07, 6.45) is 0.0497. The quantitative estimate of drug-likeness (QED) is 0.897. The van der Waals surface area contributed by atoms with Crippen LogP contribution in [0.2, 0.25) is 0 Å². The summed E-state index contributed by atoms with van der Waals surface area (Å²) in [5.41, 5.74) is -0.389. The minimum Gasteiger partial charge on any atom is -0.444 e. The van der Waals surface area contributed by atoms with Gasteiger partial charge in [0.15, 0.2) is 0 Å². The van der Waals surface area contributed by atoms with Crippen molar-refractivity contribution in [1.29, 1.82) is 5.26 Å². The smallest absolute Gasteiger partial charge is 0.410 e. The zero-order valence-corrected chi connectivity index (χ0v) is 16.3. The number of nitrogens with zero attached hydrogens (tertiary/aromatic N) is 3. The Labute approximate surface area is 156 Å². The van der Waals surface area contributed by atoms with Gasteiger partial charge in [0.25, 0.3) is 0 Å². The molecule has 1 fully saturated rings. The Hall–Kier alpha value is -2.10. The van der Waals surface area contributed by atoms with Crippen LogP contribution in [0.4, 0.5) is 4.79 Å². The van der Waals surface area contributed by atoms with Crippen molar-refractivity contribution in [3.8, 4) is 6.07 Å². The maximum Gasteiger partial charge on any atom is 0.410 e. The van der Waals surface area contributed by atoms with Crippen LogP contribution in [0.1, 0.15) is 38.3 Å². The van der Waals surface area contributed by atoms with E-state index in [9.17, 15) is 9.90 Å². The molecule has 1 aromatic rings. The van der Waals surface area contributed by atoms with Crippen molar-refractivity contribution in [3.63, 3.8) is 0 Å². The van der Waals surface area contributed by atoms with Crippen molar-refractivity contribution in [3.05, 3.63) is 35.4 Å². The molecular weight excluding hydrogens is 330 g/mol. The van der Waals surface area contributed by atoms with E-state index in [2.05, 4.69) is 6.07 Å². The fourth-order valence-electron chi connectivity index (χ4n) is 3.40. The summed E-state index contributed by atoms with van der Waals surface area (Å²) in [4.78, 5) is 16.1. The molecule has 142 valence electrons. The highest BCUT2D eigenvalue weighted by Gasteiger charge is 2.44. The molecule has 2 atom stereocenters. The number of amides is 1. The molecule has 2 unspecified atom stereocenters. The second-order valence-corrected chi connectivity index (χ2v) is 8.25. The molecule has 0 spiro atoms. The van der Waals surface area contributed by atoms with Crippen LogP contribution < -0.4 is 0 Å². The van der Waals surface area contributed by atoms with Crippen LogP contribution in [0, 0.1) is 17.2 Å². The summed E-state index contributed by atoms with van der Waals surface area (Å²) in [5.74, 6) is -0.187. The number of rotatable bonds is 3. The zero-order valence-electron chi connectivity index (χ0n) is 16.3. The van der Waals surface area contributed by atoms with Gasteiger partial charge in [-0.05, 0) is 59.0 Å². The normalized spacial score (nSPS) is 23.6. The largest absolute Gasteiger partial charge is 0.444 e. The third-order valence-electron chi connectivity index (χ3n) is 4.61. The van der Waals surface area contributed by atoms with Gasteiger partial charge in [-0.1, -0.05) is 12.1 Å². The van der Waals surface area contributed by atoms with E-state index >= 15 is 0 Å². The molecular formula is C20H29N3O3. The standard InChI is InChI=1S/C20H29N3O3/c1-19(2,3)26-18(24)23-10-9-20(25,17(14-23)13-22(4)5)16-8-6-7-15(11-16)12-21/h6-8,11,17,25H,9-10,13-14H2,1-5H3. The maximum atomic E-state index is 12.5. The Morgan fingerprint density at radius 2 is 2.15 bits per heavy atom. The monoisotopic (exact) mass is 359 g/mol. The predicted molar refractivity (Wildman–Crippen MR) is 99.5 cm³/mol. The molecule has 1 saturated heterocycles. The van der Waals surface area contributed by atoms with Crippen molar-refractivity contribution < 1.29 is 14.6 Å². The van der Waals surface area contributed by atoms with Crippen LogP contribution in [-0.4, -0.2) is 60.3 Å². The van der Waals surface area contributed by atoms with E-state index in [-0.39, 0.29) is 12.0 Å². The van der Waals surface area contributed by atoms with E-state index in [0.29, 0.717) is 31.6 Å². The van der Waals surface area contributed by atoms with E-state index in [0.717, 1.165) is 5.56 Å². The fraction of sp³-hybridized carbons (Fsp3) is 0.600. The molecule has 0 aromatic heterocycles. The average Bonchev–Trinajstić information content (AvgIpc) is 2.55. The molecule has 0 saturated carbocycles. The number of hydrogen-bond acceptors (Lipinski definition) is 5. The summed E-state index contributed by atoms with van der Waals surface area (Å²) in [5, 5.41) is 20.7. The summed E-state index contributed by atoms with van der Waals surface area (Å²) >= 11 is 0. The van der Waals surface area contributed by atoms with Crippen LogP contribution in [0.3, 0.4) is 0 Å². The number of carbonyl (C=O) groups excluding carboxylic acids is 1. The summed E-state index contributed by atoms with van der Waals surface area (Å²) in [6, 6.07) is 9.24. The Bertz CT molecular complexity index is 690. The van der Waals surface area contributed by atoms with Gasteiger partial charge in [-0.3, -0.25) is 0 Å². The van der Waals surface area contributed by atoms with Crippen molar-refractivity contribution in [2.75, 3.05) is 33.7 Å². The number of likely N-dealkylation sites (tertiary alicyclic amines) is 1. The SMILES string of the molecule is CN(C)CC1CN(C(=O)OC(C)(C)C)CCC1(O)c1cccc(C#N)c1. The van der Waals surface area contributed by atoms with E-state index in [1.165, 1.54) is 0 Å². The number of benzene rings is 1. The van der Waals surface area contributed by atoms with Crippen LogP contribution in [-0.2, 0) is 10.3 Å². The van der Waals surface area contributed by atoms with Gasteiger partial charge in [0, 0.05) is 25.6 Å². The Kier molecular flexibility index (Phi) is 5.94. The molecule has 1 aromatic carbocycles. The number of hydrogen-bond donors (Lipinski definition) is 1. The first-order valence-electron chi connectivity index (χ1n) is 8.91. The molecule has 1 N–H and O–H groups in total. The van der Waals surface area contributed by atoms with Gasteiger partial charge in [-0.25, -0.2) is 4.79 Å². The summed E-state index contributed by atoms with van der Waals surface area (Å²) in [7, 11) is 3.89. The first-order chi connectivity index (χ1) is 12.0. The molecule has 0 radical (unpaired) electrons. The Morgan fingerprint density at radius 1 is 1.46 bits per heavy atom. The third kappa shape index (κ3) is 4.75. The van der Waals surface area contributed by atoms with Crippen molar-refractivity contribution in [2.24, 2.45) is 5.92 Å². The topological polar surface area (TPSA) is 76.8 Å². The fourth-order valence-corrected chi connectivity index (χ4v) is 3.40. The lowest BCUT2D eigenvalue weighted by Crippen LogP contribution is -2.55. The van der Waals surface area contributed by atoms with Gasteiger partial charge in [-0.2, -0.15) is 5.26 Å². The number of ether oxygens (including phenoxy) is 1.